The topological polar surface area (TPSA) is 77.0 Å². The fraction of sp³-hybridized carbons (Fsp3) is 0.211. The van der Waals surface area contributed by atoms with Crippen molar-refractivity contribution in [1.29, 1.82) is 0 Å². The molecular formula is C19H16F3N5O. The molecule has 0 spiro atoms. The van der Waals surface area contributed by atoms with Gasteiger partial charge in [0.25, 0.3) is 5.91 Å². The van der Waals surface area contributed by atoms with E-state index in [1.165, 1.54) is 17.0 Å². The smallest absolute Gasteiger partial charge is 0.384 e. The molecule has 3 aromatic rings. The van der Waals surface area contributed by atoms with Crippen LogP contribution >= 0.6 is 0 Å². The van der Waals surface area contributed by atoms with Gasteiger partial charge in [-0.2, -0.15) is 18.3 Å². The maximum Gasteiger partial charge on any atom is 0.416 e. The van der Waals surface area contributed by atoms with Crippen LogP contribution in [0.15, 0.2) is 48.8 Å². The van der Waals surface area contributed by atoms with Gasteiger partial charge in [0.2, 0.25) is 0 Å². The first-order valence-electron chi connectivity index (χ1n) is 8.54. The highest BCUT2D eigenvalue weighted by atomic mass is 19.4. The molecule has 0 saturated carbocycles. The first-order valence-corrected chi connectivity index (χ1v) is 8.54. The van der Waals surface area contributed by atoms with Crippen molar-refractivity contribution in [3.63, 3.8) is 0 Å². The Labute approximate surface area is 158 Å². The Kier molecular flexibility index (Phi) is 4.10. The number of hydrogen-bond acceptors (Lipinski definition) is 4. The lowest BCUT2D eigenvalue weighted by atomic mass is 10.0. The van der Waals surface area contributed by atoms with Crippen molar-refractivity contribution in [2.75, 3.05) is 17.2 Å². The zero-order valence-corrected chi connectivity index (χ0v) is 14.8. The molecule has 144 valence electrons. The van der Waals surface area contributed by atoms with E-state index in [9.17, 15) is 18.0 Å². The fourth-order valence-corrected chi connectivity index (χ4v) is 3.29. The maximum absolute atomic E-state index is 13.2. The third kappa shape index (κ3) is 2.98. The molecule has 9 heteroatoms. The molecule has 2 aromatic heterocycles. The van der Waals surface area contributed by atoms with Crippen molar-refractivity contribution in [1.82, 2.24) is 14.8 Å². The highest BCUT2D eigenvalue weighted by Gasteiger charge is 2.35. The van der Waals surface area contributed by atoms with Crippen molar-refractivity contribution in [3.05, 3.63) is 60.0 Å². The van der Waals surface area contributed by atoms with Gasteiger partial charge < -0.3 is 10.6 Å². The Morgan fingerprint density at radius 3 is 2.43 bits per heavy atom. The van der Waals surface area contributed by atoms with Gasteiger partial charge in [-0.1, -0.05) is 0 Å². The Hall–Kier alpha value is -3.36. The third-order valence-electron chi connectivity index (χ3n) is 4.71. The van der Waals surface area contributed by atoms with Gasteiger partial charge in [0.05, 0.1) is 17.8 Å². The molecule has 0 aliphatic carbocycles. The summed E-state index contributed by atoms with van der Waals surface area (Å²) in [4.78, 5) is 18.7. The van der Waals surface area contributed by atoms with Crippen molar-refractivity contribution in [2.24, 2.45) is 0 Å². The van der Waals surface area contributed by atoms with Crippen LogP contribution in [-0.2, 0) is 6.18 Å². The summed E-state index contributed by atoms with van der Waals surface area (Å²) in [7, 11) is 0. The van der Waals surface area contributed by atoms with Crippen LogP contribution in [0.25, 0.3) is 11.1 Å². The predicted octanol–water partition coefficient (Wildman–Crippen LogP) is 3.77. The first-order chi connectivity index (χ1) is 13.3. The van der Waals surface area contributed by atoms with Gasteiger partial charge in [-0.3, -0.25) is 9.48 Å². The van der Waals surface area contributed by atoms with E-state index in [4.69, 9.17) is 5.73 Å². The highest BCUT2D eigenvalue weighted by Crippen LogP contribution is 2.34. The van der Waals surface area contributed by atoms with Crippen LogP contribution < -0.4 is 10.6 Å². The lowest BCUT2D eigenvalue weighted by molar-refractivity contribution is -0.137. The minimum absolute atomic E-state index is 0.148. The van der Waals surface area contributed by atoms with Gasteiger partial charge in [-0.15, -0.1) is 0 Å². The molecule has 1 aliphatic rings. The third-order valence-corrected chi connectivity index (χ3v) is 4.71. The number of alkyl halides is 3. The minimum Gasteiger partial charge on any atom is -0.384 e. The Morgan fingerprint density at radius 2 is 1.82 bits per heavy atom. The number of nitrogens with two attached hydrogens (primary N) is 1. The largest absolute Gasteiger partial charge is 0.416 e. The second-order valence-electron chi connectivity index (χ2n) is 6.63. The van der Waals surface area contributed by atoms with Crippen molar-refractivity contribution < 1.29 is 18.0 Å². The number of halogens is 3. The molecule has 2 N–H and O–H groups in total. The van der Waals surface area contributed by atoms with E-state index in [1.807, 2.05) is 6.92 Å². The minimum atomic E-state index is -4.42. The van der Waals surface area contributed by atoms with E-state index >= 15 is 0 Å². The normalized spacial score (nSPS) is 16.9. The summed E-state index contributed by atoms with van der Waals surface area (Å²) < 4.78 is 40.1. The second-order valence-corrected chi connectivity index (χ2v) is 6.63. The summed E-state index contributed by atoms with van der Waals surface area (Å²) in [6.07, 6.45) is -1.28. The lowest BCUT2D eigenvalue weighted by Gasteiger charge is -2.32. The average Bonchev–Trinajstić information content (AvgIpc) is 3.11. The molecule has 3 heterocycles. The van der Waals surface area contributed by atoms with Crippen LogP contribution in [0.4, 0.5) is 24.7 Å². The summed E-state index contributed by atoms with van der Waals surface area (Å²) in [5, 5.41) is 4.32. The maximum atomic E-state index is 13.2. The molecule has 0 fully saturated rings. The highest BCUT2D eigenvalue weighted by molar-refractivity contribution is 6.09. The summed E-state index contributed by atoms with van der Waals surface area (Å²) in [6, 6.07) is 7.80. The van der Waals surface area contributed by atoms with Crippen LogP contribution in [0.5, 0.6) is 0 Å². The van der Waals surface area contributed by atoms with Crippen LogP contribution in [0.3, 0.4) is 0 Å². The zero-order valence-electron chi connectivity index (χ0n) is 14.8. The fourth-order valence-electron chi connectivity index (χ4n) is 3.29. The van der Waals surface area contributed by atoms with E-state index < -0.39 is 11.7 Å². The number of nitrogen functional groups attached to an aromatic ring is 1. The first kappa shape index (κ1) is 18.0. The van der Waals surface area contributed by atoms with Gasteiger partial charge in [0, 0.05) is 29.6 Å². The number of pyridine rings is 1. The van der Waals surface area contributed by atoms with E-state index in [1.54, 1.807) is 29.2 Å². The molecule has 0 radical (unpaired) electrons. The van der Waals surface area contributed by atoms with E-state index in [-0.39, 0.29) is 11.9 Å². The zero-order chi connectivity index (χ0) is 20.1. The monoisotopic (exact) mass is 387 g/mol. The summed E-state index contributed by atoms with van der Waals surface area (Å²) in [5.41, 5.74) is 6.91. The molecule has 1 aliphatic heterocycles. The number of hydrogen-bond donors (Lipinski definition) is 1. The average molecular weight is 387 g/mol. The number of amides is 1. The van der Waals surface area contributed by atoms with Crippen molar-refractivity contribution in [2.45, 2.75) is 19.1 Å². The molecule has 0 unspecified atom stereocenters. The van der Waals surface area contributed by atoms with Crippen LogP contribution in [0.1, 0.15) is 29.0 Å². The molecule has 28 heavy (non-hydrogen) atoms. The molecule has 0 saturated heterocycles. The molecule has 1 atom stereocenters. The van der Waals surface area contributed by atoms with Crippen molar-refractivity contribution >= 4 is 17.4 Å². The van der Waals surface area contributed by atoms with Crippen molar-refractivity contribution in [3.8, 4) is 11.1 Å². The van der Waals surface area contributed by atoms with Gasteiger partial charge >= 0.3 is 6.18 Å². The molecule has 1 amide bonds. The SMILES string of the molecule is C[C@H]1CN(c2ccc(C(F)(F)F)cc2)C(=O)c2c(-c3ccc(N)nc3)cnn21. The van der Waals surface area contributed by atoms with Crippen LogP contribution in [0, 0.1) is 0 Å². The van der Waals surface area contributed by atoms with E-state index in [2.05, 4.69) is 10.1 Å². The van der Waals surface area contributed by atoms with Gasteiger partial charge in [-0.25, -0.2) is 4.98 Å². The standard InChI is InChI=1S/C19H16F3N5O/c1-11-10-26(14-5-3-13(4-6-14)19(20,21)22)18(28)17-15(9-25-27(11)17)12-2-7-16(23)24-8-12/h2-9,11H,10H2,1H3,(H2,23,24)/t11-/m0/s1. The Bertz CT molecular complexity index is 1030. The predicted molar refractivity (Wildman–Crippen MR) is 97.7 cm³/mol. The molecule has 1 aromatic carbocycles. The lowest BCUT2D eigenvalue weighted by Crippen LogP contribution is -2.42. The Balaban J connectivity index is 1.73. The van der Waals surface area contributed by atoms with Gasteiger partial charge in [0.1, 0.15) is 11.5 Å². The number of carbonyl (C=O) groups excluding carboxylic acids is 1. The number of carbonyl (C=O) groups is 1. The number of anilines is 2. The summed E-state index contributed by atoms with van der Waals surface area (Å²) >= 11 is 0. The number of benzene rings is 1. The molecular weight excluding hydrogens is 371 g/mol. The summed E-state index contributed by atoms with van der Waals surface area (Å²) in [6.45, 7) is 2.20. The second kappa shape index (κ2) is 6.36. The van der Waals surface area contributed by atoms with Crippen LogP contribution in [-0.4, -0.2) is 27.2 Å². The quantitative estimate of drug-likeness (QED) is 0.726. The Morgan fingerprint density at radius 1 is 1.11 bits per heavy atom. The van der Waals surface area contributed by atoms with Gasteiger partial charge in [0.15, 0.2) is 0 Å². The molecule has 4 rings (SSSR count). The summed E-state index contributed by atoms with van der Waals surface area (Å²) in [5.74, 6) is 0.0260. The van der Waals surface area contributed by atoms with Crippen LogP contribution in [0.2, 0.25) is 0 Å². The van der Waals surface area contributed by atoms with Gasteiger partial charge in [-0.05, 0) is 43.3 Å². The number of aromatic nitrogens is 3. The van der Waals surface area contributed by atoms with E-state index in [0.717, 1.165) is 12.1 Å². The number of fused-ring (bicyclic) bond motifs is 1. The molecule has 0 bridgehead atoms. The number of rotatable bonds is 2. The number of nitrogens with zero attached hydrogens (tertiary/aromatic N) is 4. The molecule has 6 nitrogen and oxygen atoms in total. The van der Waals surface area contributed by atoms with E-state index in [0.29, 0.717) is 34.9 Å².